The van der Waals surface area contributed by atoms with E-state index in [9.17, 15) is 9.59 Å². The molecular weight excluding hydrogens is 326 g/mol. The molecule has 2 aliphatic rings. The molecule has 3 rings (SSSR count). The second kappa shape index (κ2) is 7.53. The number of benzene rings is 1. The number of nitrogens with zero attached hydrogens (tertiary/aromatic N) is 1. The van der Waals surface area contributed by atoms with Crippen LogP contribution in [0, 0.1) is 0 Å². The lowest BCUT2D eigenvalue weighted by Crippen LogP contribution is -2.38. The van der Waals surface area contributed by atoms with Crippen LogP contribution in [0.1, 0.15) is 55.3 Å². The number of carbonyl (C=O) groups excluding carboxylic acids is 2. The van der Waals surface area contributed by atoms with Crippen molar-refractivity contribution in [2.24, 2.45) is 5.73 Å². The van der Waals surface area contributed by atoms with Gasteiger partial charge in [0.05, 0.1) is 5.54 Å². The van der Waals surface area contributed by atoms with Gasteiger partial charge in [0.2, 0.25) is 5.91 Å². The van der Waals surface area contributed by atoms with E-state index < -0.39 is 5.54 Å². The minimum Gasteiger partial charge on any atom is -0.339 e. The normalized spacial score (nSPS) is 19.1. The maximum absolute atomic E-state index is 12.6. The highest BCUT2D eigenvalue weighted by atomic mass is 35.5. The highest BCUT2D eigenvalue weighted by molar-refractivity contribution is 6.00. The molecule has 0 aromatic heterocycles. The van der Waals surface area contributed by atoms with Crippen LogP contribution in [0.2, 0.25) is 0 Å². The number of carbonyl (C=O) groups is 2. The maximum atomic E-state index is 12.6. The molecule has 2 saturated carbocycles. The predicted octanol–water partition coefficient (Wildman–Crippen LogP) is 2.94. The summed E-state index contributed by atoms with van der Waals surface area (Å²) in [6.45, 7) is 0. The zero-order chi connectivity index (χ0) is 16.4. The Bertz CT molecular complexity index is 593. The molecule has 2 aliphatic carbocycles. The van der Waals surface area contributed by atoms with Crippen LogP contribution in [0.25, 0.3) is 0 Å². The molecule has 0 atom stereocenters. The molecule has 0 radical (unpaired) electrons. The zero-order valence-electron chi connectivity index (χ0n) is 14.1. The van der Waals surface area contributed by atoms with E-state index in [0.29, 0.717) is 17.3 Å². The van der Waals surface area contributed by atoms with E-state index in [2.05, 4.69) is 5.32 Å². The largest absolute Gasteiger partial charge is 0.339 e. The molecule has 0 spiro atoms. The first-order valence-electron chi connectivity index (χ1n) is 8.47. The van der Waals surface area contributed by atoms with Crippen molar-refractivity contribution in [3.63, 3.8) is 0 Å². The summed E-state index contributed by atoms with van der Waals surface area (Å²) in [7, 11) is 1.89. The van der Waals surface area contributed by atoms with Crippen LogP contribution in [-0.4, -0.2) is 35.3 Å². The molecule has 0 aliphatic heterocycles. The van der Waals surface area contributed by atoms with Gasteiger partial charge in [0.15, 0.2) is 0 Å². The molecular formula is C18H26ClN3O2. The minimum atomic E-state index is -0.685. The van der Waals surface area contributed by atoms with Crippen molar-refractivity contribution in [3.05, 3.63) is 29.8 Å². The fourth-order valence-corrected chi connectivity index (χ4v) is 3.15. The van der Waals surface area contributed by atoms with E-state index >= 15 is 0 Å². The van der Waals surface area contributed by atoms with Crippen LogP contribution in [0.3, 0.4) is 0 Å². The summed E-state index contributed by atoms with van der Waals surface area (Å²) in [5.74, 6) is -0.0943. The molecule has 0 saturated heterocycles. The Balaban J connectivity index is 0.00000208. The highest BCUT2D eigenvalue weighted by Gasteiger charge is 2.45. The Morgan fingerprint density at radius 1 is 1.12 bits per heavy atom. The maximum Gasteiger partial charge on any atom is 0.253 e. The van der Waals surface area contributed by atoms with Crippen LogP contribution >= 0.6 is 12.4 Å². The molecule has 1 aromatic rings. The standard InChI is InChI=1S/C18H25N3O2.ClH/c1-21(15-5-3-2-4-6-15)16(22)13-7-9-14(10-8-13)20-17(23)18(19)11-12-18;/h7-10,15H,2-6,11-12,19H2,1H3,(H,20,23);1H. The number of anilines is 1. The van der Waals surface area contributed by atoms with Gasteiger partial charge in [-0.2, -0.15) is 0 Å². The highest BCUT2D eigenvalue weighted by Crippen LogP contribution is 2.33. The number of nitrogens with one attached hydrogen (secondary N) is 1. The first-order chi connectivity index (χ1) is 11.0. The predicted molar refractivity (Wildman–Crippen MR) is 97.4 cm³/mol. The second-order valence-corrected chi connectivity index (χ2v) is 6.90. The van der Waals surface area contributed by atoms with Crippen molar-refractivity contribution in [2.75, 3.05) is 12.4 Å². The van der Waals surface area contributed by atoms with Gasteiger partial charge >= 0.3 is 0 Å². The van der Waals surface area contributed by atoms with Crippen LogP contribution in [0.5, 0.6) is 0 Å². The lowest BCUT2D eigenvalue weighted by Gasteiger charge is -2.31. The SMILES string of the molecule is CN(C(=O)c1ccc(NC(=O)C2(N)CC2)cc1)C1CCCCC1.Cl. The molecule has 0 bridgehead atoms. The Labute approximate surface area is 149 Å². The van der Waals surface area contributed by atoms with E-state index in [1.54, 1.807) is 24.3 Å². The van der Waals surface area contributed by atoms with Gasteiger partial charge in [-0.05, 0) is 49.9 Å². The molecule has 6 heteroatoms. The lowest BCUT2D eigenvalue weighted by molar-refractivity contribution is -0.118. The number of amides is 2. The molecule has 24 heavy (non-hydrogen) atoms. The number of rotatable bonds is 4. The van der Waals surface area contributed by atoms with E-state index in [1.165, 1.54) is 19.3 Å². The topological polar surface area (TPSA) is 75.4 Å². The average molecular weight is 352 g/mol. The van der Waals surface area contributed by atoms with Crippen molar-refractivity contribution in [1.82, 2.24) is 4.90 Å². The van der Waals surface area contributed by atoms with Gasteiger partial charge < -0.3 is 16.0 Å². The van der Waals surface area contributed by atoms with Crippen LogP contribution in [0.15, 0.2) is 24.3 Å². The summed E-state index contributed by atoms with van der Waals surface area (Å²) >= 11 is 0. The van der Waals surface area contributed by atoms with Crippen molar-refractivity contribution in [2.45, 2.75) is 56.5 Å². The Hall–Kier alpha value is -1.59. The number of nitrogens with two attached hydrogens (primary N) is 1. The number of halogens is 1. The summed E-state index contributed by atoms with van der Waals surface area (Å²) in [5.41, 5.74) is 6.52. The Morgan fingerprint density at radius 2 is 1.71 bits per heavy atom. The third-order valence-electron chi connectivity index (χ3n) is 5.07. The molecule has 0 heterocycles. The van der Waals surface area contributed by atoms with E-state index in [0.717, 1.165) is 25.7 Å². The average Bonchev–Trinajstić information content (AvgIpc) is 3.34. The van der Waals surface area contributed by atoms with Crippen molar-refractivity contribution < 1.29 is 9.59 Å². The fourth-order valence-electron chi connectivity index (χ4n) is 3.15. The summed E-state index contributed by atoms with van der Waals surface area (Å²) < 4.78 is 0. The molecule has 132 valence electrons. The van der Waals surface area contributed by atoms with Crippen molar-refractivity contribution in [1.29, 1.82) is 0 Å². The molecule has 1 aromatic carbocycles. The molecule has 2 fully saturated rings. The van der Waals surface area contributed by atoms with E-state index in [4.69, 9.17) is 5.73 Å². The first-order valence-corrected chi connectivity index (χ1v) is 8.47. The number of hydrogen-bond acceptors (Lipinski definition) is 3. The monoisotopic (exact) mass is 351 g/mol. The molecule has 3 N–H and O–H groups in total. The first kappa shape index (κ1) is 18.7. The molecule has 0 unspecified atom stereocenters. The smallest absolute Gasteiger partial charge is 0.253 e. The van der Waals surface area contributed by atoms with Crippen LogP contribution in [0.4, 0.5) is 5.69 Å². The van der Waals surface area contributed by atoms with Gasteiger partial charge in [-0.15, -0.1) is 12.4 Å². The number of hydrogen-bond donors (Lipinski definition) is 2. The van der Waals surface area contributed by atoms with Gasteiger partial charge in [0.1, 0.15) is 0 Å². The van der Waals surface area contributed by atoms with Gasteiger partial charge in [-0.3, -0.25) is 9.59 Å². The van der Waals surface area contributed by atoms with Gasteiger partial charge in [0.25, 0.3) is 5.91 Å². The summed E-state index contributed by atoms with van der Waals surface area (Å²) in [4.78, 5) is 26.4. The van der Waals surface area contributed by atoms with Gasteiger partial charge in [-0.1, -0.05) is 19.3 Å². The lowest BCUT2D eigenvalue weighted by atomic mass is 9.94. The second-order valence-electron chi connectivity index (χ2n) is 6.90. The minimum absolute atomic E-state index is 0. The summed E-state index contributed by atoms with van der Waals surface area (Å²) in [6.07, 6.45) is 7.34. The van der Waals surface area contributed by atoms with E-state index in [1.807, 2.05) is 11.9 Å². The summed E-state index contributed by atoms with van der Waals surface area (Å²) in [5, 5.41) is 2.81. The fraction of sp³-hybridized carbons (Fsp3) is 0.556. The van der Waals surface area contributed by atoms with Gasteiger partial charge in [-0.25, -0.2) is 0 Å². The summed E-state index contributed by atoms with van der Waals surface area (Å²) in [6, 6.07) is 7.43. The third-order valence-corrected chi connectivity index (χ3v) is 5.07. The molecule has 5 nitrogen and oxygen atoms in total. The Kier molecular flexibility index (Phi) is 5.88. The van der Waals surface area contributed by atoms with E-state index in [-0.39, 0.29) is 24.2 Å². The molecule has 2 amide bonds. The third kappa shape index (κ3) is 4.08. The van der Waals surface area contributed by atoms with Crippen molar-refractivity contribution >= 4 is 29.9 Å². The van der Waals surface area contributed by atoms with Crippen LogP contribution in [-0.2, 0) is 4.79 Å². The quantitative estimate of drug-likeness (QED) is 0.875. The van der Waals surface area contributed by atoms with Crippen LogP contribution < -0.4 is 11.1 Å². The zero-order valence-corrected chi connectivity index (χ0v) is 14.9. The Morgan fingerprint density at radius 3 is 2.25 bits per heavy atom. The van der Waals surface area contributed by atoms with Crippen molar-refractivity contribution in [3.8, 4) is 0 Å². The van der Waals surface area contributed by atoms with Gasteiger partial charge in [0, 0.05) is 24.3 Å².